The van der Waals surface area contributed by atoms with Gasteiger partial charge in [0.25, 0.3) is 0 Å². The molecule has 2 N–H and O–H groups in total. The van der Waals surface area contributed by atoms with Crippen molar-refractivity contribution in [2.45, 2.75) is 19.8 Å². The molecule has 11 heavy (non-hydrogen) atoms. The molecule has 1 heterocycles. The Morgan fingerprint density at radius 1 is 1.73 bits per heavy atom. The molecule has 0 bridgehead atoms. The maximum absolute atomic E-state index is 10.9. The van der Waals surface area contributed by atoms with Crippen LogP contribution in [0.15, 0.2) is 5.16 Å². The van der Waals surface area contributed by atoms with Crippen molar-refractivity contribution in [3.8, 4) is 0 Å². The van der Waals surface area contributed by atoms with E-state index >= 15 is 0 Å². The molecule has 1 unspecified atom stereocenters. The van der Waals surface area contributed by atoms with Gasteiger partial charge in [0.1, 0.15) is 5.92 Å². The normalized spacial score (nSPS) is 23.3. The SMILES string of the molecule is CC1=NOC(=O)C1CCCN. The summed E-state index contributed by atoms with van der Waals surface area (Å²) in [6.07, 6.45) is 1.59. The molecule has 0 fully saturated rings. The highest BCUT2D eigenvalue weighted by Gasteiger charge is 2.28. The largest absolute Gasteiger partial charge is 0.343 e. The van der Waals surface area contributed by atoms with Crippen LogP contribution in [-0.4, -0.2) is 18.2 Å². The molecule has 1 aliphatic rings. The third-order valence-corrected chi connectivity index (χ3v) is 1.77. The van der Waals surface area contributed by atoms with E-state index in [1.807, 2.05) is 0 Å². The zero-order valence-electron chi connectivity index (χ0n) is 6.54. The fourth-order valence-electron chi connectivity index (χ4n) is 1.06. The third kappa shape index (κ3) is 1.77. The number of nitrogens with two attached hydrogens (primary N) is 1. The lowest BCUT2D eigenvalue weighted by Crippen LogP contribution is -2.17. The lowest BCUT2D eigenvalue weighted by Gasteiger charge is -2.02. The molecule has 0 aliphatic carbocycles. The summed E-state index contributed by atoms with van der Waals surface area (Å²) in [5.74, 6) is -0.380. The van der Waals surface area contributed by atoms with Gasteiger partial charge in [-0.1, -0.05) is 5.16 Å². The Morgan fingerprint density at radius 2 is 2.45 bits per heavy atom. The maximum atomic E-state index is 10.9. The van der Waals surface area contributed by atoms with Gasteiger partial charge in [-0.2, -0.15) is 0 Å². The minimum absolute atomic E-state index is 0.140. The highest BCUT2D eigenvalue weighted by Crippen LogP contribution is 2.16. The molecule has 1 aliphatic heterocycles. The second kappa shape index (κ2) is 3.48. The number of hydrogen-bond acceptors (Lipinski definition) is 4. The van der Waals surface area contributed by atoms with Crippen LogP contribution < -0.4 is 5.73 Å². The summed E-state index contributed by atoms with van der Waals surface area (Å²) in [6, 6.07) is 0. The quantitative estimate of drug-likeness (QED) is 0.596. The lowest BCUT2D eigenvalue weighted by molar-refractivity contribution is -0.143. The third-order valence-electron chi connectivity index (χ3n) is 1.77. The number of carbonyl (C=O) groups is 1. The Hall–Kier alpha value is -0.900. The molecule has 0 saturated carbocycles. The molecule has 0 aromatic heterocycles. The van der Waals surface area contributed by atoms with E-state index in [4.69, 9.17) is 5.73 Å². The number of hydrogen-bond donors (Lipinski definition) is 1. The van der Waals surface area contributed by atoms with Crippen LogP contribution in [0.4, 0.5) is 0 Å². The first-order valence-electron chi connectivity index (χ1n) is 3.71. The highest BCUT2D eigenvalue weighted by atomic mass is 16.7. The average molecular weight is 156 g/mol. The molecular weight excluding hydrogens is 144 g/mol. The van der Waals surface area contributed by atoms with Crippen molar-refractivity contribution >= 4 is 11.7 Å². The summed E-state index contributed by atoms with van der Waals surface area (Å²) in [7, 11) is 0. The van der Waals surface area contributed by atoms with Gasteiger partial charge in [0.05, 0.1) is 5.71 Å². The molecule has 0 radical (unpaired) electrons. The topological polar surface area (TPSA) is 64.7 Å². The Labute approximate surface area is 65.4 Å². The van der Waals surface area contributed by atoms with Gasteiger partial charge in [-0.3, -0.25) is 0 Å². The molecule has 1 atom stereocenters. The summed E-state index contributed by atoms with van der Waals surface area (Å²) in [5.41, 5.74) is 6.07. The second-order valence-electron chi connectivity index (χ2n) is 2.63. The van der Waals surface area contributed by atoms with Gasteiger partial charge in [-0.25, -0.2) is 4.79 Å². The summed E-state index contributed by atoms with van der Waals surface area (Å²) in [5, 5.41) is 3.58. The van der Waals surface area contributed by atoms with Crippen molar-refractivity contribution in [2.24, 2.45) is 16.8 Å². The van der Waals surface area contributed by atoms with Gasteiger partial charge in [-0.05, 0) is 26.3 Å². The molecule has 0 aromatic rings. The van der Waals surface area contributed by atoms with Crippen molar-refractivity contribution < 1.29 is 9.63 Å². The first-order chi connectivity index (χ1) is 5.25. The molecule has 0 spiro atoms. The van der Waals surface area contributed by atoms with Crippen LogP contribution in [0.3, 0.4) is 0 Å². The summed E-state index contributed by atoms with van der Waals surface area (Å²) in [4.78, 5) is 15.4. The van der Waals surface area contributed by atoms with E-state index in [0.29, 0.717) is 6.54 Å². The van der Waals surface area contributed by atoms with Crippen LogP contribution in [0, 0.1) is 5.92 Å². The summed E-state index contributed by atoms with van der Waals surface area (Å²) < 4.78 is 0. The Bertz CT molecular complexity index is 189. The predicted octanol–water partition coefficient (Wildman–Crippen LogP) is 0.274. The van der Waals surface area contributed by atoms with Crippen molar-refractivity contribution in [3.05, 3.63) is 0 Å². The van der Waals surface area contributed by atoms with E-state index in [2.05, 4.69) is 9.99 Å². The Kier molecular flexibility index (Phi) is 2.59. The van der Waals surface area contributed by atoms with E-state index in [9.17, 15) is 4.79 Å². The number of rotatable bonds is 3. The van der Waals surface area contributed by atoms with Gasteiger partial charge in [0.2, 0.25) is 0 Å². The highest BCUT2D eigenvalue weighted by molar-refractivity contribution is 6.03. The van der Waals surface area contributed by atoms with E-state index in [1.54, 1.807) is 6.92 Å². The first kappa shape index (κ1) is 8.20. The van der Waals surface area contributed by atoms with Crippen molar-refractivity contribution in [3.63, 3.8) is 0 Å². The van der Waals surface area contributed by atoms with Crippen LogP contribution in [0.5, 0.6) is 0 Å². The van der Waals surface area contributed by atoms with Crippen LogP contribution in [-0.2, 0) is 9.63 Å². The predicted molar refractivity (Wildman–Crippen MR) is 41.0 cm³/mol. The minimum Gasteiger partial charge on any atom is -0.330 e. The molecule has 4 nitrogen and oxygen atoms in total. The fraction of sp³-hybridized carbons (Fsp3) is 0.714. The maximum Gasteiger partial charge on any atom is 0.343 e. The average Bonchev–Trinajstić information content (AvgIpc) is 2.29. The van der Waals surface area contributed by atoms with E-state index < -0.39 is 0 Å². The Balaban J connectivity index is 2.43. The van der Waals surface area contributed by atoms with E-state index in [-0.39, 0.29) is 11.9 Å². The Morgan fingerprint density at radius 3 is 2.91 bits per heavy atom. The molecule has 0 aromatic carbocycles. The molecule has 1 rings (SSSR count). The van der Waals surface area contributed by atoms with Gasteiger partial charge in [0.15, 0.2) is 0 Å². The van der Waals surface area contributed by atoms with Crippen molar-refractivity contribution in [2.75, 3.05) is 6.54 Å². The monoisotopic (exact) mass is 156 g/mol. The molecule has 62 valence electrons. The van der Waals surface area contributed by atoms with E-state index in [1.165, 1.54) is 0 Å². The molecule has 0 saturated heterocycles. The zero-order valence-corrected chi connectivity index (χ0v) is 6.54. The summed E-state index contributed by atoms with van der Waals surface area (Å²) >= 11 is 0. The number of carbonyl (C=O) groups excluding carboxylic acids is 1. The fourth-order valence-corrected chi connectivity index (χ4v) is 1.06. The van der Waals surface area contributed by atoms with Crippen molar-refractivity contribution in [1.82, 2.24) is 0 Å². The van der Waals surface area contributed by atoms with Crippen LogP contribution in [0.2, 0.25) is 0 Å². The van der Waals surface area contributed by atoms with Crippen LogP contribution in [0.1, 0.15) is 19.8 Å². The van der Waals surface area contributed by atoms with Gasteiger partial charge >= 0.3 is 5.97 Å². The van der Waals surface area contributed by atoms with Crippen LogP contribution >= 0.6 is 0 Å². The molecule has 4 heteroatoms. The molecule has 0 amide bonds. The number of oxime groups is 1. The zero-order chi connectivity index (χ0) is 8.27. The summed E-state index contributed by atoms with van der Waals surface area (Å²) in [6.45, 7) is 2.41. The standard InChI is InChI=1S/C7H12N2O2/c1-5-6(3-2-4-8)7(10)11-9-5/h6H,2-4,8H2,1H3. The van der Waals surface area contributed by atoms with Gasteiger partial charge in [0, 0.05) is 0 Å². The second-order valence-corrected chi connectivity index (χ2v) is 2.63. The minimum atomic E-state index is -0.240. The van der Waals surface area contributed by atoms with Gasteiger partial charge in [-0.15, -0.1) is 0 Å². The smallest absolute Gasteiger partial charge is 0.330 e. The van der Waals surface area contributed by atoms with Gasteiger partial charge < -0.3 is 10.6 Å². The molecular formula is C7H12N2O2. The first-order valence-corrected chi connectivity index (χ1v) is 3.71. The van der Waals surface area contributed by atoms with E-state index in [0.717, 1.165) is 18.6 Å². The van der Waals surface area contributed by atoms with Crippen LogP contribution in [0.25, 0.3) is 0 Å². The lowest BCUT2D eigenvalue weighted by atomic mass is 10.00. The number of nitrogens with zero attached hydrogens (tertiary/aromatic N) is 1. The van der Waals surface area contributed by atoms with Crippen molar-refractivity contribution in [1.29, 1.82) is 0 Å².